The molecule has 2 nitrogen and oxygen atoms in total. The van der Waals surface area contributed by atoms with E-state index in [9.17, 15) is 0 Å². The van der Waals surface area contributed by atoms with Crippen LogP contribution in [0.2, 0.25) is 0 Å². The van der Waals surface area contributed by atoms with E-state index in [0.29, 0.717) is 6.61 Å². The molecule has 0 aliphatic rings. The molecule has 0 saturated carbocycles. The third kappa shape index (κ3) is 4.12. The Hall–Kier alpha value is -0.840. The minimum atomic E-state index is 0.680. The fourth-order valence-electron chi connectivity index (χ4n) is 1.59. The molecular weight excluding hydrogens is 310 g/mol. The van der Waals surface area contributed by atoms with Crippen LogP contribution < -0.4 is 10.1 Å². The summed E-state index contributed by atoms with van der Waals surface area (Å²) in [6.07, 6.45) is 0. The van der Waals surface area contributed by atoms with Crippen LogP contribution in [-0.4, -0.2) is 13.2 Å². The van der Waals surface area contributed by atoms with Crippen LogP contribution in [0, 0.1) is 6.92 Å². The highest BCUT2D eigenvalue weighted by Gasteiger charge is 1.98. The third-order valence-corrected chi connectivity index (χ3v) is 4.02. The Bertz CT molecular complexity index is 498. The first-order valence-electron chi connectivity index (χ1n) is 5.86. The predicted molar refractivity (Wildman–Crippen MR) is 80.4 cm³/mol. The van der Waals surface area contributed by atoms with Crippen molar-refractivity contribution in [2.45, 2.75) is 13.5 Å². The van der Waals surface area contributed by atoms with Crippen LogP contribution in [-0.2, 0) is 6.54 Å². The molecule has 2 rings (SSSR count). The van der Waals surface area contributed by atoms with Gasteiger partial charge in [0.15, 0.2) is 0 Å². The van der Waals surface area contributed by atoms with Gasteiger partial charge in [0.25, 0.3) is 0 Å². The Labute approximate surface area is 120 Å². The van der Waals surface area contributed by atoms with Gasteiger partial charge in [0.05, 0.1) is 0 Å². The first kappa shape index (κ1) is 13.6. The van der Waals surface area contributed by atoms with Crippen molar-refractivity contribution >= 4 is 27.3 Å². The van der Waals surface area contributed by atoms with Crippen LogP contribution in [0.5, 0.6) is 5.75 Å². The molecular formula is C14H16BrNOS. The second kappa shape index (κ2) is 6.92. The smallest absolute Gasteiger partial charge is 0.120 e. The zero-order valence-electron chi connectivity index (χ0n) is 10.3. The zero-order chi connectivity index (χ0) is 12.8. The van der Waals surface area contributed by atoms with Crippen molar-refractivity contribution in [2.24, 2.45) is 0 Å². The van der Waals surface area contributed by atoms with Crippen LogP contribution in [0.1, 0.15) is 11.1 Å². The van der Waals surface area contributed by atoms with Gasteiger partial charge >= 0.3 is 0 Å². The van der Waals surface area contributed by atoms with Crippen molar-refractivity contribution < 1.29 is 4.74 Å². The van der Waals surface area contributed by atoms with Gasteiger partial charge in [-0.2, -0.15) is 11.3 Å². The summed E-state index contributed by atoms with van der Waals surface area (Å²) >= 11 is 5.18. The van der Waals surface area contributed by atoms with Gasteiger partial charge in [-0.1, -0.05) is 22.0 Å². The zero-order valence-corrected chi connectivity index (χ0v) is 12.7. The van der Waals surface area contributed by atoms with E-state index in [1.807, 2.05) is 24.3 Å². The Morgan fingerprint density at radius 3 is 2.94 bits per heavy atom. The topological polar surface area (TPSA) is 21.3 Å². The average molecular weight is 326 g/mol. The number of halogens is 1. The molecule has 0 unspecified atom stereocenters. The number of thiophene rings is 1. The summed E-state index contributed by atoms with van der Waals surface area (Å²) in [7, 11) is 0. The molecule has 0 aliphatic heterocycles. The summed E-state index contributed by atoms with van der Waals surface area (Å²) in [4.78, 5) is 0. The van der Waals surface area contributed by atoms with E-state index in [-0.39, 0.29) is 0 Å². The summed E-state index contributed by atoms with van der Waals surface area (Å²) < 4.78 is 6.69. The van der Waals surface area contributed by atoms with Crippen LogP contribution >= 0.6 is 27.3 Å². The molecule has 4 heteroatoms. The monoisotopic (exact) mass is 325 g/mol. The summed E-state index contributed by atoms with van der Waals surface area (Å²) in [5.41, 5.74) is 2.74. The lowest BCUT2D eigenvalue weighted by molar-refractivity contribution is 0.313. The second-order valence-electron chi connectivity index (χ2n) is 4.06. The molecule has 0 spiro atoms. The molecule has 0 bridgehead atoms. The fraction of sp³-hybridized carbons (Fsp3) is 0.286. The quantitative estimate of drug-likeness (QED) is 0.811. The standard InChI is InChI=1S/C14H16BrNOS/c1-11-9-18-10-12(11)8-16-5-6-17-14-4-2-3-13(15)7-14/h2-4,7,9-10,16H,5-6,8H2,1H3. The van der Waals surface area contributed by atoms with Gasteiger partial charge in [-0.25, -0.2) is 0 Å². The van der Waals surface area contributed by atoms with Gasteiger partial charge in [-0.15, -0.1) is 0 Å². The molecule has 1 N–H and O–H groups in total. The number of nitrogens with one attached hydrogen (secondary N) is 1. The van der Waals surface area contributed by atoms with Crippen molar-refractivity contribution in [3.8, 4) is 5.75 Å². The maximum absolute atomic E-state index is 5.65. The molecule has 2 aromatic rings. The van der Waals surface area contributed by atoms with E-state index in [1.54, 1.807) is 11.3 Å². The minimum absolute atomic E-state index is 0.680. The van der Waals surface area contributed by atoms with Gasteiger partial charge in [0, 0.05) is 17.6 Å². The van der Waals surface area contributed by atoms with Gasteiger partial charge in [-0.05, 0) is 47.0 Å². The molecule has 1 aromatic heterocycles. The lowest BCUT2D eigenvalue weighted by atomic mass is 10.2. The van der Waals surface area contributed by atoms with Gasteiger partial charge in [0.2, 0.25) is 0 Å². The largest absolute Gasteiger partial charge is 0.492 e. The summed E-state index contributed by atoms with van der Waals surface area (Å²) in [5, 5.41) is 7.75. The van der Waals surface area contributed by atoms with Crippen molar-refractivity contribution in [2.75, 3.05) is 13.2 Å². The molecule has 0 amide bonds. The third-order valence-electron chi connectivity index (χ3n) is 2.62. The van der Waals surface area contributed by atoms with E-state index in [4.69, 9.17) is 4.74 Å². The lowest BCUT2D eigenvalue weighted by Crippen LogP contribution is -2.20. The molecule has 0 radical (unpaired) electrons. The molecule has 96 valence electrons. The minimum Gasteiger partial charge on any atom is -0.492 e. The number of hydrogen-bond donors (Lipinski definition) is 1. The Morgan fingerprint density at radius 2 is 2.22 bits per heavy atom. The Morgan fingerprint density at radius 1 is 1.33 bits per heavy atom. The van der Waals surface area contributed by atoms with Gasteiger partial charge in [0.1, 0.15) is 12.4 Å². The normalized spacial score (nSPS) is 10.6. The Balaban J connectivity index is 1.66. The first-order chi connectivity index (χ1) is 8.75. The second-order valence-corrected chi connectivity index (χ2v) is 5.72. The fourth-order valence-corrected chi connectivity index (χ4v) is 2.82. The molecule has 18 heavy (non-hydrogen) atoms. The lowest BCUT2D eigenvalue weighted by Gasteiger charge is -2.07. The van der Waals surface area contributed by atoms with Crippen molar-refractivity contribution in [1.82, 2.24) is 5.32 Å². The van der Waals surface area contributed by atoms with E-state index in [1.165, 1.54) is 11.1 Å². The van der Waals surface area contributed by atoms with Crippen LogP contribution in [0.4, 0.5) is 0 Å². The van der Waals surface area contributed by atoms with Crippen molar-refractivity contribution in [3.05, 3.63) is 50.6 Å². The molecule has 1 heterocycles. The first-order valence-corrected chi connectivity index (χ1v) is 7.60. The van der Waals surface area contributed by atoms with E-state index >= 15 is 0 Å². The van der Waals surface area contributed by atoms with E-state index < -0.39 is 0 Å². The predicted octanol–water partition coefficient (Wildman–Crippen LogP) is 3.99. The number of ether oxygens (including phenoxy) is 1. The Kier molecular flexibility index (Phi) is 5.23. The van der Waals surface area contributed by atoms with Crippen LogP contribution in [0.3, 0.4) is 0 Å². The highest BCUT2D eigenvalue weighted by Crippen LogP contribution is 2.17. The van der Waals surface area contributed by atoms with Crippen molar-refractivity contribution in [1.29, 1.82) is 0 Å². The van der Waals surface area contributed by atoms with Crippen molar-refractivity contribution in [3.63, 3.8) is 0 Å². The highest BCUT2D eigenvalue weighted by molar-refractivity contribution is 9.10. The van der Waals surface area contributed by atoms with E-state index in [0.717, 1.165) is 23.3 Å². The average Bonchev–Trinajstić information content (AvgIpc) is 2.75. The summed E-state index contributed by atoms with van der Waals surface area (Å²) in [6.45, 7) is 4.59. The summed E-state index contributed by atoms with van der Waals surface area (Å²) in [5.74, 6) is 0.901. The van der Waals surface area contributed by atoms with Gasteiger partial charge < -0.3 is 10.1 Å². The van der Waals surface area contributed by atoms with Crippen LogP contribution in [0.15, 0.2) is 39.5 Å². The SMILES string of the molecule is Cc1cscc1CNCCOc1cccc(Br)c1. The number of aryl methyl sites for hydroxylation is 1. The molecule has 0 saturated heterocycles. The number of hydrogen-bond acceptors (Lipinski definition) is 3. The number of rotatable bonds is 6. The highest BCUT2D eigenvalue weighted by atomic mass is 79.9. The van der Waals surface area contributed by atoms with E-state index in [2.05, 4.69) is 38.9 Å². The molecule has 0 atom stereocenters. The maximum atomic E-state index is 5.65. The molecule has 0 aliphatic carbocycles. The number of benzene rings is 1. The maximum Gasteiger partial charge on any atom is 0.120 e. The molecule has 0 fully saturated rings. The molecule has 1 aromatic carbocycles. The van der Waals surface area contributed by atoms with Gasteiger partial charge in [-0.3, -0.25) is 0 Å². The van der Waals surface area contributed by atoms with Crippen LogP contribution in [0.25, 0.3) is 0 Å². The summed E-state index contributed by atoms with van der Waals surface area (Å²) in [6, 6.07) is 7.91.